The molecule has 0 aromatic heterocycles. The standard InChI is InChI=1S/C15H20BrN3O2/c16-12-3-1-11(2-4-12)9-15(21)18-13-5-7-19(8-6-13)10-14(17)20/h1-4,13H,5-10H2,(H2,17,20)(H,18,21). The number of hydrogen-bond donors (Lipinski definition) is 2. The highest BCUT2D eigenvalue weighted by atomic mass is 79.9. The van der Waals surface area contributed by atoms with Gasteiger partial charge in [-0.2, -0.15) is 0 Å². The molecule has 1 aliphatic rings. The minimum absolute atomic E-state index is 0.0469. The topological polar surface area (TPSA) is 75.4 Å². The van der Waals surface area contributed by atoms with Crippen molar-refractivity contribution in [2.24, 2.45) is 5.73 Å². The maximum Gasteiger partial charge on any atom is 0.231 e. The van der Waals surface area contributed by atoms with E-state index in [4.69, 9.17) is 5.73 Å². The number of amides is 2. The number of rotatable bonds is 5. The van der Waals surface area contributed by atoms with Crippen LogP contribution in [0.2, 0.25) is 0 Å². The summed E-state index contributed by atoms with van der Waals surface area (Å²) in [5, 5.41) is 3.06. The monoisotopic (exact) mass is 353 g/mol. The Morgan fingerprint density at radius 2 is 1.86 bits per heavy atom. The van der Waals surface area contributed by atoms with Crippen molar-refractivity contribution in [3.05, 3.63) is 34.3 Å². The summed E-state index contributed by atoms with van der Waals surface area (Å²) in [6.45, 7) is 1.90. The van der Waals surface area contributed by atoms with Gasteiger partial charge in [-0.05, 0) is 30.5 Å². The fourth-order valence-corrected chi connectivity index (χ4v) is 2.79. The third-order valence-electron chi connectivity index (χ3n) is 3.61. The van der Waals surface area contributed by atoms with Crippen LogP contribution in [0.5, 0.6) is 0 Å². The number of benzene rings is 1. The summed E-state index contributed by atoms with van der Waals surface area (Å²) < 4.78 is 1.01. The first-order valence-corrected chi connectivity index (χ1v) is 7.86. The molecule has 6 heteroatoms. The first-order valence-electron chi connectivity index (χ1n) is 7.07. The number of hydrogen-bond acceptors (Lipinski definition) is 3. The SMILES string of the molecule is NC(=O)CN1CCC(NC(=O)Cc2ccc(Br)cc2)CC1. The molecule has 1 fully saturated rings. The Morgan fingerprint density at radius 1 is 1.24 bits per heavy atom. The molecule has 0 radical (unpaired) electrons. The van der Waals surface area contributed by atoms with Crippen molar-refractivity contribution in [3.63, 3.8) is 0 Å². The Morgan fingerprint density at radius 3 is 2.43 bits per heavy atom. The molecule has 0 bridgehead atoms. The van der Waals surface area contributed by atoms with Gasteiger partial charge in [0.05, 0.1) is 13.0 Å². The Kier molecular flexibility index (Phi) is 5.76. The van der Waals surface area contributed by atoms with Crippen molar-refractivity contribution in [1.82, 2.24) is 10.2 Å². The normalized spacial score (nSPS) is 16.6. The molecule has 114 valence electrons. The van der Waals surface area contributed by atoms with Gasteiger partial charge in [-0.1, -0.05) is 28.1 Å². The highest BCUT2D eigenvalue weighted by molar-refractivity contribution is 9.10. The third-order valence-corrected chi connectivity index (χ3v) is 4.14. The molecule has 0 aliphatic carbocycles. The number of halogens is 1. The van der Waals surface area contributed by atoms with E-state index in [2.05, 4.69) is 21.2 Å². The second-order valence-electron chi connectivity index (χ2n) is 5.39. The van der Waals surface area contributed by atoms with Gasteiger partial charge < -0.3 is 11.1 Å². The quantitative estimate of drug-likeness (QED) is 0.830. The molecular formula is C15H20BrN3O2. The lowest BCUT2D eigenvalue weighted by atomic mass is 10.0. The van der Waals surface area contributed by atoms with E-state index in [-0.39, 0.29) is 17.9 Å². The molecule has 5 nitrogen and oxygen atoms in total. The van der Waals surface area contributed by atoms with Gasteiger partial charge >= 0.3 is 0 Å². The Balaban J connectivity index is 1.74. The number of piperidine rings is 1. The second kappa shape index (κ2) is 7.56. The van der Waals surface area contributed by atoms with Crippen molar-refractivity contribution in [2.75, 3.05) is 19.6 Å². The van der Waals surface area contributed by atoms with Crippen LogP contribution in [-0.4, -0.2) is 42.4 Å². The van der Waals surface area contributed by atoms with Crippen LogP contribution in [-0.2, 0) is 16.0 Å². The Hall–Kier alpha value is -1.40. The lowest BCUT2D eigenvalue weighted by molar-refractivity contribution is -0.122. The minimum Gasteiger partial charge on any atom is -0.369 e. The van der Waals surface area contributed by atoms with Crippen LogP contribution >= 0.6 is 15.9 Å². The number of likely N-dealkylation sites (tertiary alicyclic amines) is 1. The summed E-state index contributed by atoms with van der Waals surface area (Å²) >= 11 is 3.38. The fourth-order valence-electron chi connectivity index (χ4n) is 2.52. The maximum absolute atomic E-state index is 12.0. The molecule has 0 spiro atoms. The third kappa shape index (κ3) is 5.47. The predicted molar refractivity (Wildman–Crippen MR) is 84.6 cm³/mol. The number of primary amides is 1. The summed E-state index contributed by atoms with van der Waals surface area (Å²) in [6, 6.07) is 7.95. The zero-order valence-electron chi connectivity index (χ0n) is 11.8. The molecule has 0 atom stereocenters. The lowest BCUT2D eigenvalue weighted by Crippen LogP contribution is -2.47. The first kappa shape index (κ1) is 16.0. The summed E-state index contributed by atoms with van der Waals surface area (Å²) in [7, 11) is 0. The van der Waals surface area contributed by atoms with Crippen LogP contribution in [0.25, 0.3) is 0 Å². The van der Waals surface area contributed by atoms with Gasteiger partial charge in [-0.3, -0.25) is 14.5 Å². The van der Waals surface area contributed by atoms with Crippen LogP contribution in [0.3, 0.4) is 0 Å². The molecule has 21 heavy (non-hydrogen) atoms. The summed E-state index contributed by atoms with van der Waals surface area (Å²) in [5.74, 6) is -0.251. The molecule has 0 unspecified atom stereocenters. The molecule has 0 saturated carbocycles. The van der Waals surface area contributed by atoms with Gasteiger partial charge in [0.15, 0.2) is 0 Å². The van der Waals surface area contributed by atoms with Crippen molar-refractivity contribution in [3.8, 4) is 0 Å². The van der Waals surface area contributed by atoms with Crippen LogP contribution < -0.4 is 11.1 Å². The van der Waals surface area contributed by atoms with E-state index < -0.39 is 0 Å². The van der Waals surface area contributed by atoms with E-state index in [1.54, 1.807) is 0 Å². The van der Waals surface area contributed by atoms with Gasteiger partial charge in [0, 0.05) is 23.6 Å². The van der Waals surface area contributed by atoms with E-state index in [0.717, 1.165) is 36.0 Å². The molecule has 1 aromatic rings. The Bertz CT molecular complexity index is 496. The van der Waals surface area contributed by atoms with Crippen molar-refractivity contribution < 1.29 is 9.59 Å². The average molecular weight is 354 g/mol. The number of carbonyl (C=O) groups is 2. The summed E-state index contributed by atoms with van der Waals surface area (Å²) in [4.78, 5) is 24.9. The van der Waals surface area contributed by atoms with Crippen LogP contribution in [0.15, 0.2) is 28.7 Å². The Labute approximate surface area is 133 Å². The number of nitrogens with one attached hydrogen (secondary N) is 1. The zero-order valence-corrected chi connectivity index (χ0v) is 13.4. The van der Waals surface area contributed by atoms with E-state index in [0.29, 0.717) is 13.0 Å². The van der Waals surface area contributed by atoms with E-state index in [1.807, 2.05) is 29.2 Å². The van der Waals surface area contributed by atoms with Crippen LogP contribution in [0.4, 0.5) is 0 Å². The van der Waals surface area contributed by atoms with Crippen LogP contribution in [0.1, 0.15) is 18.4 Å². The van der Waals surface area contributed by atoms with Gasteiger partial charge in [0.2, 0.25) is 11.8 Å². The lowest BCUT2D eigenvalue weighted by Gasteiger charge is -2.31. The second-order valence-corrected chi connectivity index (χ2v) is 6.30. The van der Waals surface area contributed by atoms with Crippen molar-refractivity contribution >= 4 is 27.7 Å². The van der Waals surface area contributed by atoms with E-state index >= 15 is 0 Å². The molecule has 2 amide bonds. The van der Waals surface area contributed by atoms with Gasteiger partial charge in [-0.15, -0.1) is 0 Å². The molecule has 1 aromatic carbocycles. The number of carbonyl (C=O) groups excluding carboxylic acids is 2. The highest BCUT2D eigenvalue weighted by Crippen LogP contribution is 2.12. The minimum atomic E-state index is -0.298. The molecule has 3 N–H and O–H groups in total. The summed E-state index contributed by atoms with van der Waals surface area (Å²) in [6.07, 6.45) is 2.12. The van der Waals surface area contributed by atoms with Crippen molar-refractivity contribution in [2.45, 2.75) is 25.3 Å². The largest absolute Gasteiger partial charge is 0.369 e. The highest BCUT2D eigenvalue weighted by Gasteiger charge is 2.21. The molecular weight excluding hydrogens is 334 g/mol. The predicted octanol–water partition coefficient (Wildman–Crippen LogP) is 1.06. The molecule has 1 heterocycles. The smallest absolute Gasteiger partial charge is 0.231 e. The van der Waals surface area contributed by atoms with Gasteiger partial charge in [0.1, 0.15) is 0 Å². The number of nitrogens with two attached hydrogens (primary N) is 1. The van der Waals surface area contributed by atoms with E-state index in [9.17, 15) is 9.59 Å². The van der Waals surface area contributed by atoms with Crippen molar-refractivity contribution in [1.29, 1.82) is 0 Å². The number of nitrogens with zero attached hydrogens (tertiary/aromatic N) is 1. The first-order chi connectivity index (χ1) is 10.0. The zero-order chi connectivity index (χ0) is 15.2. The maximum atomic E-state index is 12.0. The molecule has 1 aliphatic heterocycles. The van der Waals surface area contributed by atoms with E-state index in [1.165, 1.54) is 0 Å². The average Bonchev–Trinajstić information content (AvgIpc) is 2.43. The molecule has 1 saturated heterocycles. The van der Waals surface area contributed by atoms with Gasteiger partial charge in [-0.25, -0.2) is 0 Å². The fraction of sp³-hybridized carbons (Fsp3) is 0.467. The van der Waals surface area contributed by atoms with Crippen LogP contribution in [0, 0.1) is 0 Å². The summed E-state index contributed by atoms with van der Waals surface area (Å²) in [5.41, 5.74) is 6.18. The van der Waals surface area contributed by atoms with Gasteiger partial charge in [0.25, 0.3) is 0 Å². The molecule has 2 rings (SSSR count).